The molecule has 0 aliphatic carbocycles. The van der Waals surface area contributed by atoms with Crippen LogP contribution in [0.4, 0.5) is 0 Å². The van der Waals surface area contributed by atoms with Gasteiger partial charge in [-0.2, -0.15) is 0 Å². The van der Waals surface area contributed by atoms with E-state index in [1.165, 1.54) is 7.11 Å². The highest BCUT2D eigenvalue weighted by Crippen LogP contribution is 2.32. The molecule has 0 unspecified atom stereocenters. The largest absolute Gasteiger partial charge is 0.547 e. The summed E-state index contributed by atoms with van der Waals surface area (Å²) in [5.41, 5.74) is 0.880. The van der Waals surface area contributed by atoms with Crippen molar-refractivity contribution in [1.29, 1.82) is 0 Å². The topological polar surface area (TPSA) is 35.5 Å². The van der Waals surface area contributed by atoms with Gasteiger partial charge in [-0.15, -0.1) is 0 Å². The summed E-state index contributed by atoms with van der Waals surface area (Å²) in [6.45, 7) is 14.7. The predicted molar refractivity (Wildman–Crippen MR) is 73.2 cm³/mol. The van der Waals surface area contributed by atoms with Gasteiger partial charge in [-0.25, -0.2) is 0 Å². The van der Waals surface area contributed by atoms with E-state index in [-0.39, 0.29) is 11.4 Å². The second-order valence-corrected chi connectivity index (χ2v) is 10.8. The minimum absolute atomic E-state index is 0.0849. The van der Waals surface area contributed by atoms with E-state index in [0.717, 1.165) is 11.3 Å². The van der Waals surface area contributed by atoms with Gasteiger partial charge in [-0.3, -0.25) is 4.79 Å². The first-order chi connectivity index (χ1) is 7.47. The zero-order valence-corrected chi connectivity index (χ0v) is 13.4. The zero-order chi connectivity index (χ0) is 13.9. The van der Waals surface area contributed by atoms with E-state index in [4.69, 9.17) is 9.16 Å². The number of allylic oxidation sites excluding steroid dienone is 1. The molecule has 0 bridgehead atoms. The summed E-state index contributed by atoms with van der Waals surface area (Å²) in [6.07, 6.45) is 0.299. The number of rotatable bonds is 4. The van der Waals surface area contributed by atoms with Crippen LogP contribution in [0.25, 0.3) is 0 Å². The molecular weight excluding hydrogens is 232 g/mol. The molecule has 0 aliphatic heterocycles. The Morgan fingerprint density at radius 2 is 1.65 bits per heavy atom. The van der Waals surface area contributed by atoms with Gasteiger partial charge >= 0.3 is 5.97 Å². The highest BCUT2D eigenvalue weighted by molar-refractivity contribution is 6.70. The average Bonchev–Trinajstić information content (AvgIpc) is 2.10. The van der Waals surface area contributed by atoms with Gasteiger partial charge in [0.1, 0.15) is 0 Å². The quantitative estimate of drug-likeness (QED) is 0.438. The van der Waals surface area contributed by atoms with Crippen LogP contribution in [0.2, 0.25) is 19.6 Å². The molecule has 0 saturated carbocycles. The van der Waals surface area contributed by atoms with Gasteiger partial charge in [-0.1, -0.05) is 20.8 Å². The van der Waals surface area contributed by atoms with E-state index in [0.29, 0.717) is 6.42 Å². The lowest BCUT2D eigenvalue weighted by Gasteiger charge is -2.32. The summed E-state index contributed by atoms with van der Waals surface area (Å²) < 4.78 is 10.8. The molecule has 0 atom stereocenters. The smallest absolute Gasteiger partial charge is 0.309 e. The van der Waals surface area contributed by atoms with E-state index in [1.54, 1.807) is 0 Å². The number of hydrogen-bond donors (Lipinski definition) is 0. The van der Waals surface area contributed by atoms with Gasteiger partial charge in [0.2, 0.25) is 8.32 Å². The van der Waals surface area contributed by atoms with Gasteiger partial charge in [0, 0.05) is 5.41 Å². The molecule has 0 aromatic carbocycles. The first kappa shape index (κ1) is 16.2. The molecule has 0 radical (unpaired) electrons. The molecular formula is C13H26O3Si. The second-order valence-electron chi connectivity index (χ2n) is 6.33. The molecule has 0 spiro atoms. The number of hydrogen-bond acceptors (Lipinski definition) is 3. The molecule has 0 N–H and O–H groups in total. The van der Waals surface area contributed by atoms with Crippen LogP contribution in [0.3, 0.4) is 0 Å². The van der Waals surface area contributed by atoms with Crippen molar-refractivity contribution in [2.45, 2.75) is 53.8 Å². The molecule has 4 heteroatoms. The summed E-state index contributed by atoms with van der Waals surface area (Å²) in [4.78, 5) is 11.3. The lowest BCUT2D eigenvalue weighted by atomic mass is 9.90. The van der Waals surface area contributed by atoms with E-state index in [2.05, 4.69) is 40.4 Å². The van der Waals surface area contributed by atoms with Gasteiger partial charge in [0.15, 0.2) is 0 Å². The Morgan fingerprint density at radius 1 is 1.18 bits per heavy atom. The molecule has 0 rings (SSSR count). The van der Waals surface area contributed by atoms with Crippen LogP contribution in [0.5, 0.6) is 0 Å². The molecule has 0 aromatic heterocycles. The first-order valence-corrected chi connectivity index (χ1v) is 9.34. The molecule has 0 saturated heterocycles. The van der Waals surface area contributed by atoms with Crippen LogP contribution < -0.4 is 0 Å². The van der Waals surface area contributed by atoms with Crippen molar-refractivity contribution in [3.8, 4) is 0 Å². The van der Waals surface area contributed by atoms with Gasteiger partial charge in [0.25, 0.3) is 0 Å². The predicted octanol–water partition coefficient (Wildman–Crippen LogP) is 3.72. The van der Waals surface area contributed by atoms with E-state index < -0.39 is 8.32 Å². The fourth-order valence-corrected chi connectivity index (χ4v) is 2.65. The molecule has 0 heterocycles. The van der Waals surface area contributed by atoms with E-state index in [1.807, 2.05) is 6.92 Å². The standard InChI is InChI=1S/C13H26O3Si/c1-10(9-11(14)15-5)12(13(2,3)4)16-17(6,7)8/h9H2,1-8H3/b12-10-. The Balaban J connectivity index is 5.16. The maximum Gasteiger partial charge on any atom is 0.309 e. The molecule has 17 heavy (non-hydrogen) atoms. The third-order valence-electron chi connectivity index (χ3n) is 2.11. The minimum Gasteiger partial charge on any atom is -0.547 e. The summed E-state index contributed by atoms with van der Waals surface area (Å²) in [5, 5.41) is 0. The number of carbonyl (C=O) groups excluding carboxylic acids is 1. The van der Waals surface area contributed by atoms with Crippen LogP contribution in [0.1, 0.15) is 34.1 Å². The molecule has 0 fully saturated rings. The summed E-state index contributed by atoms with van der Waals surface area (Å²) in [5.74, 6) is 0.713. The van der Waals surface area contributed by atoms with Crippen molar-refractivity contribution in [3.05, 3.63) is 11.3 Å². The third-order valence-corrected chi connectivity index (χ3v) is 2.93. The van der Waals surface area contributed by atoms with Crippen molar-refractivity contribution in [2.24, 2.45) is 5.41 Å². The van der Waals surface area contributed by atoms with Crippen LogP contribution in [-0.2, 0) is 14.0 Å². The molecule has 0 aromatic rings. The molecule has 0 amide bonds. The van der Waals surface area contributed by atoms with Crippen LogP contribution in [0.15, 0.2) is 11.3 Å². The average molecular weight is 258 g/mol. The van der Waals surface area contributed by atoms with Crippen LogP contribution in [-0.4, -0.2) is 21.4 Å². The maximum absolute atomic E-state index is 11.3. The molecule has 100 valence electrons. The summed E-state index contributed by atoms with van der Waals surface area (Å²) >= 11 is 0. The Labute approximate surface area is 106 Å². The summed E-state index contributed by atoms with van der Waals surface area (Å²) in [6, 6.07) is 0. The minimum atomic E-state index is -1.66. The van der Waals surface area contributed by atoms with Crippen molar-refractivity contribution in [2.75, 3.05) is 7.11 Å². The fourth-order valence-electron chi connectivity index (χ4n) is 1.56. The van der Waals surface area contributed by atoms with Crippen molar-refractivity contribution >= 4 is 14.3 Å². The van der Waals surface area contributed by atoms with E-state index >= 15 is 0 Å². The van der Waals surface area contributed by atoms with Crippen molar-refractivity contribution < 1.29 is 14.0 Å². The van der Waals surface area contributed by atoms with Crippen molar-refractivity contribution in [1.82, 2.24) is 0 Å². The molecule has 0 aliphatic rings. The highest BCUT2D eigenvalue weighted by Gasteiger charge is 2.27. The number of methoxy groups -OCH3 is 1. The monoisotopic (exact) mass is 258 g/mol. The first-order valence-electron chi connectivity index (χ1n) is 5.93. The van der Waals surface area contributed by atoms with Crippen LogP contribution >= 0.6 is 0 Å². The maximum atomic E-state index is 11.3. The normalized spacial score (nSPS) is 14.1. The van der Waals surface area contributed by atoms with Crippen LogP contribution in [0, 0.1) is 5.41 Å². The number of carbonyl (C=O) groups is 1. The van der Waals surface area contributed by atoms with Gasteiger partial charge < -0.3 is 9.16 Å². The number of ether oxygens (including phenoxy) is 1. The summed E-state index contributed by atoms with van der Waals surface area (Å²) in [7, 11) is -0.256. The Morgan fingerprint density at radius 3 is 1.94 bits per heavy atom. The Hall–Kier alpha value is -0.773. The molecule has 3 nitrogen and oxygen atoms in total. The van der Waals surface area contributed by atoms with Crippen molar-refractivity contribution in [3.63, 3.8) is 0 Å². The van der Waals surface area contributed by atoms with Gasteiger partial charge in [0.05, 0.1) is 19.3 Å². The second kappa shape index (κ2) is 5.71. The number of esters is 1. The fraction of sp³-hybridized carbons (Fsp3) is 0.769. The zero-order valence-electron chi connectivity index (χ0n) is 12.4. The Kier molecular flexibility index (Phi) is 5.45. The van der Waals surface area contributed by atoms with E-state index in [9.17, 15) is 4.79 Å². The third kappa shape index (κ3) is 6.51. The SMILES string of the molecule is COC(=O)C/C(C)=C(\O[Si](C)(C)C)C(C)(C)C. The van der Waals surface area contributed by atoms with Gasteiger partial charge in [-0.05, 0) is 32.1 Å². The lowest BCUT2D eigenvalue weighted by molar-refractivity contribution is -0.139. The lowest BCUT2D eigenvalue weighted by Crippen LogP contribution is -2.30. The highest BCUT2D eigenvalue weighted by atomic mass is 28.4. The Bertz CT molecular complexity index is 306.